The lowest BCUT2D eigenvalue weighted by Gasteiger charge is -2.15. The molecule has 1 aromatic carbocycles. The largest absolute Gasteiger partial charge is 0.448 e. The van der Waals surface area contributed by atoms with Crippen molar-refractivity contribution < 1.29 is 9.21 Å². The predicted octanol–water partition coefficient (Wildman–Crippen LogP) is 3.36. The summed E-state index contributed by atoms with van der Waals surface area (Å²) in [6.07, 6.45) is 4.48. The van der Waals surface area contributed by atoms with Crippen LogP contribution in [0, 0.1) is 5.92 Å². The summed E-state index contributed by atoms with van der Waals surface area (Å²) in [7, 11) is 0. The van der Waals surface area contributed by atoms with E-state index >= 15 is 0 Å². The highest BCUT2D eigenvalue weighted by Crippen LogP contribution is 2.32. The number of fused-ring (bicyclic) bond motifs is 4. The van der Waals surface area contributed by atoms with Crippen molar-refractivity contribution in [3.63, 3.8) is 0 Å². The number of para-hydroxylation sites is 1. The van der Waals surface area contributed by atoms with Crippen molar-refractivity contribution >= 4 is 44.4 Å². The maximum absolute atomic E-state index is 12.7. The number of hydrogen-bond acceptors (Lipinski definition) is 6. The summed E-state index contributed by atoms with van der Waals surface area (Å²) in [6, 6.07) is 7.35. The second-order valence-electron chi connectivity index (χ2n) is 7.24. The number of aryl methyl sites for hydroxylation is 1. The van der Waals surface area contributed by atoms with Gasteiger partial charge in [-0.2, -0.15) is 0 Å². The summed E-state index contributed by atoms with van der Waals surface area (Å²) >= 11 is 1.52. The molecule has 5 rings (SSSR count). The second kappa shape index (κ2) is 6.56. The lowest BCUT2D eigenvalue weighted by molar-refractivity contribution is -0.116. The van der Waals surface area contributed by atoms with Crippen molar-refractivity contribution in [2.45, 2.75) is 32.7 Å². The number of anilines is 1. The van der Waals surface area contributed by atoms with Gasteiger partial charge in [-0.05, 0) is 37.3 Å². The Bertz CT molecular complexity index is 1270. The summed E-state index contributed by atoms with van der Waals surface area (Å²) in [5.41, 5.74) is 1.99. The summed E-state index contributed by atoms with van der Waals surface area (Å²) < 4.78 is 6.91. The molecule has 0 saturated heterocycles. The van der Waals surface area contributed by atoms with Gasteiger partial charge in [-0.1, -0.05) is 19.1 Å². The zero-order valence-electron chi connectivity index (χ0n) is 15.3. The minimum atomic E-state index is -0.372. The molecule has 1 aliphatic rings. The molecular weight excluding hydrogens is 376 g/mol. The van der Waals surface area contributed by atoms with Gasteiger partial charge in [0.05, 0.1) is 12.0 Å². The molecule has 0 unspecified atom stereocenters. The monoisotopic (exact) mass is 394 g/mol. The smallest absolute Gasteiger partial charge is 0.297 e. The fourth-order valence-corrected chi connectivity index (χ4v) is 4.82. The first kappa shape index (κ1) is 17.1. The third-order valence-corrected chi connectivity index (χ3v) is 6.13. The van der Waals surface area contributed by atoms with Gasteiger partial charge in [0, 0.05) is 10.3 Å². The van der Waals surface area contributed by atoms with Gasteiger partial charge < -0.3 is 9.73 Å². The van der Waals surface area contributed by atoms with E-state index < -0.39 is 0 Å². The van der Waals surface area contributed by atoms with E-state index in [9.17, 15) is 9.59 Å². The number of amides is 1. The highest BCUT2D eigenvalue weighted by atomic mass is 32.1. The second-order valence-corrected chi connectivity index (χ2v) is 8.32. The number of nitrogens with one attached hydrogen (secondary N) is 1. The summed E-state index contributed by atoms with van der Waals surface area (Å²) in [5.74, 6) is 0.343. The first-order valence-electron chi connectivity index (χ1n) is 9.23. The number of aromatic nitrogens is 3. The molecule has 1 amide bonds. The Kier molecular flexibility index (Phi) is 4.01. The Balaban J connectivity index is 1.39. The normalized spacial score (nSPS) is 16.4. The van der Waals surface area contributed by atoms with Crippen molar-refractivity contribution in [2.75, 3.05) is 5.32 Å². The van der Waals surface area contributed by atoms with Gasteiger partial charge in [-0.15, -0.1) is 11.3 Å². The maximum Gasteiger partial charge on any atom is 0.297 e. The number of carbonyl (C=O) groups is 1. The molecule has 0 saturated carbocycles. The molecule has 3 aromatic heterocycles. The van der Waals surface area contributed by atoms with E-state index in [0.29, 0.717) is 22.1 Å². The number of hydrogen-bond donors (Lipinski definition) is 1. The number of thiazole rings is 1. The van der Waals surface area contributed by atoms with Crippen LogP contribution in [0.3, 0.4) is 0 Å². The van der Waals surface area contributed by atoms with Crippen LogP contribution in [0.1, 0.15) is 23.9 Å². The highest BCUT2D eigenvalue weighted by molar-refractivity contribution is 7.15. The minimum Gasteiger partial charge on any atom is -0.448 e. The summed E-state index contributed by atoms with van der Waals surface area (Å²) in [4.78, 5) is 35.3. The number of nitrogens with zero attached hydrogens (tertiary/aromatic N) is 3. The van der Waals surface area contributed by atoms with E-state index in [4.69, 9.17) is 4.42 Å². The maximum atomic E-state index is 12.7. The molecule has 8 heteroatoms. The van der Waals surface area contributed by atoms with Gasteiger partial charge in [-0.25, -0.2) is 9.97 Å². The summed E-state index contributed by atoms with van der Waals surface area (Å²) in [6.45, 7) is 2.09. The third-order valence-electron chi connectivity index (χ3n) is 5.10. The van der Waals surface area contributed by atoms with E-state index in [1.807, 2.05) is 18.2 Å². The van der Waals surface area contributed by atoms with Crippen molar-refractivity contribution in [3.8, 4) is 0 Å². The third kappa shape index (κ3) is 2.90. The molecule has 0 radical (unpaired) electrons. The van der Waals surface area contributed by atoms with Gasteiger partial charge in [0.25, 0.3) is 5.56 Å². The van der Waals surface area contributed by atoms with Crippen LogP contribution < -0.4 is 10.9 Å². The van der Waals surface area contributed by atoms with Crippen LogP contribution in [0.2, 0.25) is 0 Å². The molecule has 0 aliphatic heterocycles. The number of rotatable bonds is 3. The van der Waals surface area contributed by atoms with Crippen LogP contribution in [-0.2, 0) is 24.2 Å². The Morgan fingerprint density at radius 1 is 1.39 bits per heavy atom. The van der Waals surface area contributed by atoms with Crippen LogP contribution in [-0.4, -0.2) is 20.4 Å². The van der Waals surface area contributed by atoms with E-state index in [2.05, 4.69) is 22.2 Å². The quantitative estimate of drug-likeness (QED) is 0.575. The molecule has 0 bridgehead atoms. The number of carbonyl (C=O) groups excluding carboxylic acids is 1. The minimum absolute atomic E-state index is 0.139. The molecule has 1 aliphatic carbocycles. The van der Waals surface area contributed by atoms with Crippen molar-refractivity contribution in [1.82, 2.24) is 14.5 Å². The fourth-order valence-electron chi connectivity index (χ4n) is 3.63. The topological polar surface area (TPSA) is 90.0 Å². The van der Waals surface area contributed by atoms with E-state index in [1.54, 1.807) is 6.07 Å². The van der Waals surface area contributed by atoms with Gasteiger partial charge >= 0.3 is 0 Å². The first-order valence-corrected chi connectivity index (χ1v) is 10.1. The molecule has 142 valence electrons. The lowest BCUT2D eigenvalue weighted by atomic mass is 9.93. The van der Waals surface area contributed by atoms with Gasteiger partial charge in [0.1, 0.15) is 17.6 Å². The molecular formula is C20H18N4O3S. The Morgan fingerprint density at radius 3 is 3.14 bits per heavy atom. The molecule has 28 heavy (non-hydrogen) atoms. The van der Waals surface area contributed by atoms with Crippen molar-refractivity contribution in [1.29, 1.82) is 0 Å². The van der Waals surface area contributed by atoms with Gasteiger partial charge in [0.15, 0.2) is 5.13 Å². The van der Waals surface area contributed by atoms with E-state index in [-0.39, 0.29) is 23.6 Å². The van der Waals surface area contributed by atoms with Gasteiger partial charge in [0.2, 0.25) is 11.5 Å². The Labute approximate surface area is 164 Å². The molecule has 1 N–H and O–H groups in total. The SMILES string of the molecule is C[C@H]1CCc2nc(NC(=O)Cn3cnc4c(oc5ccccc54)c3=O)sc2C1. The standard InChI is InChI=1S/C20H18N4O3S/c1-11-6-7-13-15(8-11)28-20(22-13)23-16(25)9-24-10-21-17-12-4-2-3-5-14(12)27-18(17)19(24)26/h2-5,10-11H,6-9H2,1H3,(H,22,23,25)/t11-/m0/s1. The average molecular weight is 394 g/mol. The van der Waals surface area contributed by atoms with Crippen LogP contribution in [0.5, 0.6) is 0 Å². The molecule has 0 spiro atoms. The fraction of sp³-hybridized carbons (Fsp3) is 0.300. The highest BCUT2D eigenvalue weighted by Gasteiger charge is 2.21. The molecule has 1 atom stereocenters. The van der Waals surface area contributed by atoms with Crippen LogP contribution in [0.4, 0.5) is 5.13 Å². The Morgan fingerprint density at radius 2 is 2.25 bits per heavy atom. The summed E-state index contributed by atoms with van der Waals surface area (Å²) in [5, 5.41) is 4.19. The zero-order valence-corrected chi connectivity index (χ0v) is 16.1. The van der Waals surface area contributed by atoms with Crippen LogP contribution >= 0.6 is 11.3 Å². The average Bonchev–Trinajstić information content (AvgIpc) is 3.24. The van der Waals surface area contributed by atoms with Crippen LogP contribution in [0.25, 0.3) is 22.1 Å². The number of furan rings is 1. The zero-order chi connectivity index (χ0) is 19.3. The predicted molar refractivity (Wildman–Crippen MR) is 108 cm³/mol. The van der Waals surface area contributed by atoms with E-state index in [0.717, 1.165) is 30.3 Å². The van der Waals surface area contributed by atoms with Crippen molar-refractivity contribution in [3.05, 3.63) is 51.5 Å². The van der Waals surface area contributed by atoms with Crippen LogP contribution in [0.15, 0.2) is 39.8 Å². The van der Waals surface area contributed by atoms with E-state index in [1.165, 1.54) is 27.1 Å². The number of benzene rings is 1. The lowest BCUT2D eigenvalue weighted by Crippen LogP contribution is -2.27. The molecule has 7 nitrogen and oxygen atoms in total. The first-order chi connectivity index (χ1) is 13.6. The van der Waals surface area contributed by atoms with Crippen molar-refractivity contribution in [2.24, 2.45) is 5.92 Å². The van der Waals surface area contributed by atoms with Gasteiger partial charge in [-0.3, -0.25) is 14.2 Å². The molecule has 0 fully saturated rings. The molecule has 3 heterocycles. The molecule has 4 aromatic rings. The Hall–Kier alpha value is -3.00.